The molecule has 2 aromatic rings. The van der Waals surface area contributed by atoms with E-state index in [1.54, 1.807) is 12.1 Å². The molecule has 0 atom stereocenters. The number of hydrogen-bond acceptors (Lipinski definition) is 5. The first-order chi connectivity index (χ1) is 10.6. The molecule has 0 spiro atoms. The number of rotatable bonds is 6. The zero-order chi connectivity index (χ0) is 15.9. The number of carbonyl (C=O) groups is 2. The molecule has 0 unspecified atom stereocenters. The van der Waals surface area contributed by atoms with Crippen LogP contribution in [0.25, 0.3) is 0 Å². The van der Waals surface area contributed by atoms with Crippen LogP contribution in [0.2, 0.25) is 0 Å². The second-order valence-electron chi connectivity index (χ2n) is 4.31. The van der Waals surface area contributed by atoms with Gasteiger partial charge in [-0.25, -0.2) is 0 Å². The van der Waals surface area contributed by atoms with Crippen molar-refractivity contribution in [2.24, 2.45) is 0 Å². The number of nitro benzene ring substituents is 1. The lowest BCUT2D eigenvalue weighted by Gasteiger charge is -2.06. The van der Waals surface area contributed by atoms with Gasteiger partial charge in [0.1, 0.15) is 11.3 Å². The highest BCUT2D eigenvalue weighted by molar-refractivity contribution is 5.99. The average Bonchev–Trinajstić information content (AvgIpc) is 3.04. The van der Waals surface area contributed by atoms with E-state index in [4.69, 9.17) is 4.42 Å². The summed E-state index contributed by atoms with van der Waals surface area (Å²) in [5, 5.41) is 15.7. The van der Waals surface area contributed by atoms with Gasteiger partial charge in [-0.1, -0.05) is 12.1 Å². The lowest BCUT2D eigenvalue weighted by Crippen LogP contribution is -2.36. The fraction of sp³-hybridized carbons (Fsp3) is 0.143. The molecular weight excluding hydrogens is 290 g/mol. The van der Waals surface area contributed by atoms with Crippen LogP contribution in [-0.2, 0) is 11.3 Å². The summed E-state index contributed by atoms with van der Waals surface area (Å²) in [7, 11) is 0. The summed E-state index contributed by atoms with van der Waals surface area (Å²) in [4.78, 5) is 33.7. The van der Waals surface area contributed by atoms with Crippen molar-refractivity contribution in [3.63, 3.8) is 0 Å². The molecule has 8 heteroatoms. The first-order valence-electron chi connectivity index (χ1n) is 6.38. The van der Waals surface area contributed by atoms with Crippen molar-refractivity contribution in [2.45, 2.75) is 6.54 Å². The first kappa shape index (κ1) is 15.2. The summed E-state index contributed by atoms with van der Waals surface area (Å²) < 4.78 is 5.04. The minimum Gasteiger partial charge on any atom is -0.467 e. The van der Waals surface area contributed by atoms with Gasteiger partial charge >= 0.3 is 0 Å². The summed E-state index contributed by atoms with van der Waals surface area (Å²) in [5.41, 5.74) is -0.401. The molecule has 0 saturated heterocycles. The quantitative estimate of drug-likeness (QED) is 0.615. The molecule has 0 bridgehead atoms. The van der Waals surface area contributed by atoms with Crippen LogP contribution in [0, 0.1) is 10.1 Å². The molecule has 0 aliphatic heterocycles. The molecular formula is C14H13N3O5. The molecule has 1 heterocycles. The fourth-order valence-electron chi connectivity index (χ4n) is 1.74. The zero-order valence-electron chi connectivity index (χ0n) is 11.4. The summed E-state index contributed by atoms with van der Waals surface area (Å²) in [6, 6.07) is 8.92. The molecule has 22 heavy (non-hydrogen) atoms. The van der Waals surface area contributed by atoms with Crippen LogP contribution in [0.1, 0.15) is 16.1 Å². The van der Waals surface area contributed by atoms with Crippen molar-refractivity contribution in [3.05, 3.63) is 64.1 Å². The Morgan fingerprint density at radius 1 is 1.14 bits per heavy atom. The van der Waals surface area contributed by atoms with E-state index in [0.717, 1.165) is 0 Å². The molecule has 2 N–H and O–H groups in total. The zero-order valence-corrected chi connectivity index (χ0v) is 11.4. The van der Waals surface area contributed by atoms with Crippen LogP contribution in [-0.4, -0.2) is 23.3 Å². The molecule has 8 nitrogen and oxygen atoms in total. The SMILES string of the molecule is O=C(CNC(=O)c1ccccc1[N+](=O)[O-])NCc1ccco1. The molecule has 0 fully saturated rings. The molecule has 2 rings (SSSR count). The third-order valence-electron chi connectivity index (χ3n) is 2.79. The van der Waals surface area contributed by atoms with Gasteiger partial charge < -0.3 is 15.1 Å². The van der Waals surface area contributed by atoms with Crippen molar-refractivity contribution in [1.29, 1.82) is 0 Å². The normalized spacial score (nSPS) is 10.0. The summed E-state index contributed by atoms with van der Waals surface area (Å²) >= 11 is 0. The van der Waals surface area contributed by atoms with Crippen LogP contribution >= 0.6 is 0 Å². The number of carbonyl (C=O) groups excluding carboxylic acids is 2. The smallest absolute Gasteiger partial charge is 0.282 e. The molecule has 0 saturated carbocycles. The highest BCUT2D eigenvalue weighted by Gasteiger charge is 2.19. The number of amides is 2. The molecule has 0 radical (unpaired) electrons. The maximum atomic E-state index is 11.9. The van der Waals surface area contributed by atoms with E-state index in [9.17, 15) is 19.7 Å². The molecule has 1 aromatic carbocycles. The second-order valence-corrected chi connectivity index (χ2v) is 4.31. The molecule has 0 aliphatic rings. The van der Waals surface area contributed by atoms with Gasteiger partial charge in [-0.05, 0) is 18.2 Å². The van der Waals surface area contributed by atoms with Crippen LogP contribution < -0.4 is 10.6 Å². The predicted molar refractivity (Wildman–Crippen MR) is 76.0 cm³/mol. The van der Waals surface area contributed by atoms with Crippen molar-refractivity contribution in [2.75, 3.05) is 6.54 Å². The van der Waals surface area contributed by atoms with Crippen LogP contribution in [0.4, 0.5) is 5.69 Å². The van der Waals surface area contributed by atoms with Gasteiger partial charge in [-0.15, -0.1) is 0 Å². The predicted octanol–water partition coefficient (Wildman–Crippen LogP) is 1.23. The Morgan fingerprint density at radius 3 is 2.59 bits per heavy atom. The van der Waals surface area contributed by atoms with Gasteiger partial charge in [0.15, 0.2) is 0 Å². The van der Waals surface area contributed by atoms with Crippen LogP contribution in [0.15, 0.2) is 47.1 Å². The van der Waals surface area contributed by atoms with E-state index in [1.807, 2.05) is 0 Å². The molecule has 114 valence electrons. The minimum absolute atomic E-state index is 0.0914. The first-order valence-corrected chi connectivity index (χ1v) is 6.38. The van der Waals surface area contributed by atoms with E-state index in [0.29, 0.717) is 5.76 Å². The van der Waals surface area contributed by atoms with E-state index >= 15 is 0 Å². The maximum Gasteiger partial charge on any atom is 0.282 e. The number of benzene rings is 1. The Labute approximate surface area is 125 Å². The number of nitrogens with one attached hydrogen (secondary N) is 2. The van der Waals surface area contributed by atoms with Crippen molar-refractivity contribution in [1.82, 2.24) is 10.6 Å². The fourth-order valence-corrected chi connectivity index (χ4v) is 1.74. The summed E-state index contributed by atoms with van der Waals surface area (Å²) in [6.07, 6.45) is 1.48. The third-order valence-corrected chi connectivity index (χ3v) is 2.79. The number of nitrogens with zero attached hydrogens (tertiary/aromatic N) is 1. The van der Waals surface area contributed by atoms with Gasteiger partial charge in [-0.2, -0.15) is 0 Å². The van der Waals surface area contributed by atoms with Gasteiger partial charge in [0.2, 0.25) is 5.91 Å². The molecule has 1 aromatic heterocycles. The van der Waals surface area contributed by atoms with Crippen LogP contribution in [0.5, 0.6) is 0 Å². The number of hydrogen-bond donors (Lipinski definition) is 2. The summed E-state index contributed by atoms with van der Waals surface area (Å²) in [5.74, 6) is -0.526. The number of furan rings is 1. The van der Waals surface area contributed by atoms with Crippen molar-refractivity contribution >= 4 is 17.5 Å². The van der Waals surface area contributed by atoms with E-state index < -0.39 is 16.7 Å². The van der Waals surface area contributed by atoms with Crippen LogP contribution in [0.3, 0.4) is 0 Å². The highest BCUT2D eigenvalue weighted by Crippen LogP contribution is 2.17. The average molecular weight is 303 g/mol. The Kier molecular flexibility index (Phi) is 4.86. The van der Waals surface area contributed by atoms with Gasteiger partial charge in [0, 0.05) is 6.07 Å². The largest absolute Gasteiger partial charge is 0.467 e. The van der Waals surface area contributed by atoms with Crippen molar-refractivity contribution in [3.8, 4) is 0 Å². The van der Waals surface area contributed by atoms with E-state index in [-0.39, 0.29) is 24.3 Å². The summed E-state index contributed by atoms with van der Waals surface area (Å²) in [6.45, 7) is -0.0845. The highest BCUT2D eigenvalue weighted by atomic mass is 16.6. The molecule has 0 aliphatic carbocycles. The third kappa shape index (κ3) is 3.92. The van der Waals surface area contributed by atoms with Gasteiger partial charge in [-0.3, -0.25) is 19.7 Å². The minimum atomic E-state index is -0.680. The van der Waals surface area contributed by atoms with Gasteiger partial charge in [0.25, 0.3) is 11.6 Å². The Hall–Kier alpha value is -3.16. The lowest BCUT2D eigenvalue weighted by atomic mass is 10.1. The standard InChI is InChI=1S/C14H13N3O5/c18-13(15-8-10-4-3-7-22-10)9-16-14(19)11-5-1-2-6-12(11)17(20)21/h1-7H,8-9H2,(H,15,18)(H,16,19). The second kappa shape index (κ2) is 7.02. The molecule has 2 amide bonds. The Bertz CT molecular complexity index is 682. The monoisotopic (exact) mass is 303 g/mol. The topological polar surface area (TPSA) is 114 Å². The van der Waals surface area contributed by atoms with E-state index in [1.165, 1.54) is 30.5 Å². The Morgan fingerprint density at radius 2 is 1.91 bits per heavy atom. The number of para-hydroxylation sites is 1. The number of nitro groups is 1. The Balaban J connectivity index is 1.87. The maximum absolute atomic E-state index is 11.9. The van der Waals surface area contributed by atoms with Crippen molar-refractivity contribution < 1.29 is 18.9 Å². The lowest BCUT2D eigenvalue weighted by molar-refractivity contribution is -0.385. The van der Waals surface area contributed by atoms with Gasteiger partial charge in [0.05, 0.1) is 24.3 Å². The van der Waals surface area contributed by atoms with E-state index in [2.05, 4.69) is 10.6 Å².